The number of nitrogens with zero attached hydrogens (tertiary/aromatic N) is 2. The van der Waals surface area contributed by atoms with E-state index in [1.54, 1.807) is 0 Å². The van der Waals surface area contributed by atoms with Crippen LogP contribution in [0, 0.1) is 0 Å². The lowest BCUT2D eigenvalue weighted by Gasteiger charge is -2.26. The molecule has 2 heterocycles. The van der Waals surface area contributed by atoms with Gasteiger partial charge in [-0.25, -0.2) is 0 Å². The maximum absolute atomic E-state index is 2.52. The SMILES string of the molecule is c1ccc2c(c1)-c1cc3c4ccccc4c4ccccc4c3cc1-c1cccc(-n3c4ccccc4c4cc(-n5c6ccccc6c6ccccc65)ccc43)c1-c1ccccc1-2. The first-order chi connectivity index (χ1) is 30.8. The number of rotatable bonds is 2. The van der Waals surface area contributed by atoms with Gasteiger partial charge in [0.15, 0.2) is 0 Å². The zero-order valence-electron chi connectivity index (χ0n) is 33.7. The topological polar surface area (TPSA) is 9.86 Å². The summed E-state index contributed by atoms with van der Waals surface area (Å²) in [5.41, 5.74) is 17.0. The fraction of sp³-hybridized carbons (Fsp3) is 0. The number of benzene rings is 11. The summed E-state index contributed by atoms with van der Waals surface area (Å²) >= 11 is 0. The monoisotopic (exact) mass is 784 g/mol. The van der Waals surface area contributed by atoms with Crippen LogP contribution < -0.4 is 0 Å². The smallest absolute Gasteiger partial charge is 0.0547 e. The largest absolute Gasteiger partial charge is 0.309 e. The molecule has 0 saturated heterocycles. The van der Waals surface area contributed by atoms with Gasteiger partial charge < -0.3 is 9.13 Å². The van der Waals surface area contributed by atoms with Crippen molar-refractivity contribution in [2.75, 3.05) is 0 Å². The first-order valence-corrected chi connectivity index (χ1v) is 21.5. The lowest BCUT2D eigenvalue weighted by atomic mass is 9.79. The molecule has 2 aromatic heterocycles. The van der Waals surface area contributed by atoms with Crippen LogP contribution in [0.3, 0.4) is 0 Å². The Bertz CT molecular complexity index is 3990. The minimum atomic E-state index is 1.16. The van der Waals surface area contributed by atoms with Gasteiger partial charge >= 0.3 is 0 Å². The van der Waals surface area contributed by atoms with Crippen molar-refractivity contribution in [3.8, 4) is 55.9 Å². The molecule has 0 amide bonds. The van der Waals surface area contributed by atoms with Gasteiger partial charge in [0.05, 0.1) is 27.8 Å². The fourth-order valence-corrected chi connectivity index (χ4v) is 11.1. The molecule has 0 fully saturated rings. The lowest BCUT2D eigenvalue weighted by Crippen LogP contribution is -2.03. The third-order valence-corrected chi connectivity index (χ3v) is 13.7. The van der Waals surface area contributed by atoms with Crippen molar-refractivity contribution in [3.63, 3.8) is 0 Å². The molecule has 0 radical (unpaired) electrons. The van der Waals surface area contributed by atoms with Gasteiger partial charge in [0, 0.05) is 32.8 Å². The standard InChI is InChI=1S/C60H36N2/c1-4-20-42-38(16-1)39-17-2-5-21-43(39)51-36-53-49-27-15-31-59(60(49)48-26-8-7-19-41(48)40-18-3-6-22-44(40)52(53)35-50(42)51)62-57-30-14-11-25-47(57)54-34-37(32-33-58(54)62)61-55-28-12-9-23-45(55)46-24-10-13-29-56(46)61/h1-36H. The van der Waals surface area contributed by atoms with Crippen LogP contribution in [0.5, 0.6) is 0 Å². The summed E-state index contributed by atoms with van der Waals surface area (Å²) in [5, 5.41) is 12.7. The van der Waals surface area contributed by atoms with Crippen LogP contribution in [0.2, 0.25) is 0 Å². The van der Waals surface area contributed by atoms with Crippen molar-refractivity contribution in [3.05, 3.63) is 218 Å². The number of para-hydroxylation sites is 3. The van der Waals surface area contributed by atoms with E-state index in [2.05, 4.69) is 228 Å². The second-order valence-corrected chi connectivity index (χ2v) is 16.7. The Morgan fingerprint density at radius 2 is 0.597 bits per heavy atom. The highest BCUT2D eigenvalue weighted by atomic mass is 15.0. The van der Waals surface area contributed by atoms with E-state index in [0.29, 0.717) is 0 Å². The molecule has 286 valence electrons. The fourth-order valence-electron chi connectivity index (χ4n) is 11.1. The van der Waals surface area contributed by atoms with Gasteiger partial charge in [-0.1, -0.05) is 164 Å². The van der Waals surface area contributed by atoms with E-state index in [1.807, 2.05) is 0 Å². The number of aromatic nitrogens is 2. The maximum Gasteiger partial charge on any atom is 0.0547 e. The van der Waals surface area contributed by atoms with Crippen LogP contribution in [-0.4, -0.2) is 9.13 Å². The lowest BCUT2D eigenvalue weighted by molar-refractivity contribution is 1.17. The highest BCUT2D eigenvalue weighted by Gasteiger charge is 2.27. The minimum absolute atomic E-state index is 1.16. The second kappa shape index (κ2) is 12.7. The first kappa shape index (κ1) is 33.6. The number of hydrogen-bond acceptors (Lipinski definition) is 0. The molecule has 2 nitrogen and oxygen atoms in total. The predicted octanol–water partition coefficient (Wildman–Crippen LogP) is 16.3. The molecule has 0 unspecified atom stereocenters. The van der Waals surface area contributed by atoms with Gasteiger partial charge in [-0.15, -0.1) is 0 Å². The van der Waals surface area contributed by atoms with Gasteiger partial charge in [-0.2, -0.15) is 0 Å². The molecule has 14 rings (SSSR count). The Kier molecular flexibility index (Phi) is 6.86. The molecule has 62 heavy (non-hydrogen) atoms. The molecular weight excluding hydrogens is 749 g/mol. The van der Waals surface area contributed by atoms with Crippen LogP contribution >= 0.6 is 0 Å². The van der Waals surface area contributed by atoms with Crippen LogP contribution in [0.4, 0.5) is 0 Å². The van der Waals surface area contributed by atoms with Crippen LogP contribution in [0.1, 0.15) is 0 Å². The van der Waals surface area contributed by atoms with E-state index < -0.39 is 0 Å². The third-order valence-electron chi connectivity index (χ3n) is 13.7. The molecular formula is C60H36N2. The highest BCUT2D eigenvalue weighted by Crippen LogP contribution is 2.52. The molecule has 1 aliphatic carbocycles. The summed E-state index contributed by atoms with van der Waals surface area (Å²) in [6.45, 7) is 0. The van der Waals surface area contributed by atoms with Crippen molar-refractivity contribution in [2.45, 2.75) is 0 Å². The van der Waals surface area contributed by atoms with E-state index in [9.17, 15) is 0 Å². The highest BCUT2D eigenvalue weighted by molar-refractivity contribution is 6.27. The Morgan fingerprint density at radius 1 is 0.210 bits per heavy atom. The van der Waals surface area contributed by atoms with Gasteiger partial charge in [0.25, 0.3) is 0 Å². The van der Waals surface area contributed by atoms with Gasteiger partial charge in [0.1, 0.15) is 0 Å². The van der Waals surface area contributed by atoms with Crippen molar-refractivity contribution in [1.29, 1.82) is 0 Å². The van der Waals surface area contributed by atoms with Gasteiger partial charge in [-0.3, -0.25) is 0 Å². The Morgan fingerprint density at radius 3 is 1.18 bits per heavy atom. The quantitative estimate of drug-likeness (QED) is 0.155. The second-order valence-electron chi connectivity index (χ2n) is 16.7. The molecule has 13 aromatic rings. The number of fused-ring (bicyclic) bond motifs is 20. The summed E-state index contributed by atoms with van der Waals surface area (Å²) in [6.07, 6.45) is 0. The van der Waals surface area contributed by atoms with Crippen LogP contribution in [0.15, 0.2) is 218 Å². The molecule has 0 N–H and O–H groups in total. The summed E-state index contributed by atoms with van der Waals surface area (Å²) in [4.78, 5) is 0. The average Bonchev–Trinajstić information content (AvgIpc) is 3.85. The zero-order valence-corrected chi connectivity index (χ0v) is 33.7. The average molecular weight is 785 g/mol. The number of hydrogen-bond donors (Lipinski definition) is 0. The Balaban J connectivity index is 1.10. The Labute approximate surface area is 357 Å². The van der Waals surface area contributed by atoms with Crippen molar-refractivity contribution < 1.29 is 0 Å². The predicted molar refractivity (Wildman–Crippen MR) is 263 cm³/mol. The third kappa shape index (κ3) is 4.53. The van der Waals surface area contributed by atoms with Crippen molar-refractivity contribution in [1.82, 2.24) is 9.13 Å². The van der Waals surface area contributed by atoms with Crippen LogP contribution in [-0.2, 0) is 0 Å². The minimum Gasteiger partial charge on any atom is -0.309 e. The summed E-state index contributed by atoms with van der Waals surface area (Å²) < 4.78 is 4.95. The maximum atomic E-state index is 2.52. The van der Waals surface area contributed by atoms with E-state index in [1.165, 1.54) is 126 Å². The molecule has 0 spiro atoms. The summed E-state index contributed by atoms with van der Waals surface area (Å²) in [6, 6.07) is 81.3. The summed E-state index contributed by atoms with van der Waals surface area (Å²) in [5.74, 6) is 0. The zero-order chi connectivity index (χ0) is 40.5. The van der Waals surface area contributed by atoms with Crippen molar-refractivity contribution in [2.24, 2.45) is 0 Å². The molecule has 0 atom stereocenters. The Hall–Kier alpha value is -8.20. The molecule has 0 saturated carbocycles. The molecule has 1 aliphatic rings. The van der Waals surface area contributed by atoms with E-state index in [-0.39, 0.29) is 0 Å². The van der Waals surface area contributed by atoms with Gasteiger partial charge in [0.2, 0.25) is 0 Å². The van der Waals surface area contributed by atoms with E-state index in [4.69, 9.17) is 0 Å². The normalized spacial score (nSPS) is 12.2. The first-order valence-electron chi connectivity index (χ1n) is 21.5. The van der Waals surface area contributed by atoms with Gasteiger partial charge in [-0.05, 0) is 126 Å². The van der Waals surface area contributed by atoms with Crippen LogP contribution in [0.25, 0.3) is 132 Å². The van der Waals surface area contributed by atoms with E-state index >= 15 is 0 Å². The molecule has 0 aliphatic heterocycles. The summed E-state index contributed by atoms with van der Waals surface area (Å²) in [7, 11) is 0. The molecule has 11 aromatic carbocycles. The van der Waals surface area contributed by atoms with E-state index in [0.717, 1.165) is 5.69 Å². The molecule has 2 heteroatoms. The van der Waals surface area contributed by atoms with Crippen molar-refractivity contribution >= 4 is 75.9 Å². The molecule has 0 bridgehead atoms.